The highest BCUT2D eigenvalue weighted by molar-refractivity contribution is 5.79. The Bertz CT molecular complexity index is 557. The van der Waals surface area contributed by atoms with Crippen molar-refractivity contribution in [2.24, 2.45) is 5.92 Å². The summed E-state index contributed by atoms with van der Waals surface area (Å²) in [4.78, 5) is 21.7. The van der Waals surface area contributed by atoms with Crippen molar-refractivity contribution >= 4 is 5.91 Å². The number of aromatic nitrogens is 1. The molecule has 4 nitrogen and oxygen atoms in total. The quantitative estimate of drug-likeness (QED) is 0.857. The van der Waals surface area contributed by atoms with E-state index in [4.69, 9.17) is 0 Å². The molecule has 0 N–H and O–H groups in total. The predicted molar refractivity (Wildman–Crippen MR) is 89.8 cm³/mol. The zero-order chi connectivity index (χ0) is 15.7. The molecule has 23 heavy (non-hydrogen) atoms. The second kappa shape index (κ2) is 6.23. The highest BCUT2D eigenvalue weighted by Crippen LogP contribution is 2.42. The second-order valence-electron chi connectivity index (χ2n) is 7.62. The highest BCUT2D eigenvalue weighted by atomic mass is 16.2. The molecule has 1 atom stereocenters. The van der Waals surface area contributed by atoms with Gasteiger partial charge in [0, 0.05) is 37.8 Å². The van der Waals surface area contributed by atoms with E-state index < -0.39 is 0 Å². The number of carbonyl (C=O) groups excluding carboxylic acids is 1. The van der Waals surface area contributed by atoms with E-state index in [9.17, 15) is 4.79 Å². The van der Waals surface area contributed by atoms with Gasteiger partial charge in [0.2, 0.25) is 5.91 Å². The van der Waals surface area contributed by atoms with Gasteiger partial charge >= 0.3 is 0 Å². The third kappa shape index (κ3) is 3.27. The van der Waals surface area contributed by atoms with Gasteiger partial charge in [-0.15, -0.1) is 0 Å². The van der Waals surface area contributed by atoms with Crippen LogP contribution in [0.1, 0.15) is 50.6 Å². The molecule has 124 valence electrons. The number of amides is 1. The lowest BCUT2D eigenvalue weighted by molar-refractivity contribution is -0.131. The van der Waals surface area contributed by atoms with E-state index in [1.165, 1.54) is 25.7 Å². The number of nitrogens with zero attached hydrogens (tertiary/aromatic N) is 3. The topological polar surface area (TPSA) is 36.4 Å². The van der Waals surface area contributed by atoms with Crippen LogP contribution in [-0.2, 0) is 11.3 Å². The third-order valence-corrected chi connectivity index (χ3v) is 5.94. The fraction of sp³-hybridized carbons (Fsp3) is 0.684. The van der Waals surface area contributed by atoms with E-state index in [-0.39, 0.29) is 5.54 Å². The first-order chi connectivity index (χ1) is 11.3. The van der Waals surface area contributed by atoms with Gasteiger partial charge in [-0.05, 0) is 63.1 Å². The summed E-state index contributed by atoms with van der Waals surface area (Å²) in [5, 5.41) is 0. The Morgan fingerprint density at radius 3 is 2.87 bits per heavy atom. The van der Waals surface area contributed by atoms with Crippen molar-refractivity contribution in [1.82, 2.24) is 14.8 Å². The number of pyridine rings is 1. The van der Waals surface area contributed by atoms with Crippen molar-refractivity contribution in [3.8, 4) is 0 Å². The molecule has 1 spiro atoms. The average molecular weight is 313 g/mol. The van der Waals surface area contributed by atoms with Gasteiger partial charge in [-0.1, -0.05) is 6.07 Å². The Morgan fingerprint density at radius 2 is 2.09 bits per heavy atom. The summed E-state index contributed by atoms with van der Waals surface area (Å²) in [5.74, 6) is 1.21. The maximum Gasteiger partial charge on any atom is 0.223 e. The molecule has 2 saturated heterocycles. The van der Waals surface area contributed by atoms with Crippen LogP contribution in [0.25, 0.3) is 0 Å². The summed E-state index contributed by atoms with van der Waals surface area (Å²) in [6, 6.07) is 6.15. The van der Waals surface area contributed by atoms with Gasteiger partial charge in [0.05, 0.1) is 5.69 Å². The number of likely N-dealkylation sites (tertiary alicyclic amines) is 2. The van der Waals surface area contributed by atoms with Gasteiger partial charge in [-0.25, -0.2) is 0 Å². The van der Waals surface area contributed by atoms with Crippen LogP contribution in [0.3, 0.4) is 0 Å². The first kappa shape index (κ1) is 15.1. The summed E-state index contributed by atoms with van der Waals surface area (Å²) in [7, 11) is 0. The van der Waals surface area contributed by atoms with E-state index in [1.54, 1.807) is 0 Å². The molecule has 3 heterocycles. The fourth-order valence-electron chi connectivity index (χ4n) is 4.36. The van der Waals surface area contributed by atoms with Crippen molar-refractivity contribution in [3.05, 3.63) is 30.1 Å². The molecule has 0 bridgehead atoms. The van der Waals surface area contributed by atoms with Crippen molar-refractivity contribution in [2.45, 2.75) is 57.0 Å². The Hall–Kier alpha value is -1.42. The largest absolute Gasteiger partial charge is 0.337 e. The van der Waals surface area contributed by atoms with E-state index >= 15 is 0 Å². The van der Waals surface area contributed by atoms with Gasteiger partial charge in [0.1, 0.15) is 0 Å². The molecule has 1 aromatic rings. The normalized spacial score (nSPS) is 29.2. The van der Waals surface area contributed by atoms with Gasteiger partial charge in [0.15, 0.2) is 0 Å². The summed E-state index contributed by atoms with van der Waals surface area (Å²) in [6.07, 6.45) is 9.89. The first-order valence-electron chi connectivity index (χ1n) is 9.18. The monoisotopic (exact) mass is 313 g/mol. The van der Waals surface area contributed by atoms with Crippen molar-refractivity contribution in [1.29, 1.82) is 0 Å². The van der Waals surface area contributed by atoms with Crippen LogP contribution in [0, 0.1) is 5.92 Å². The van der Waals surface area contributed by atoms with Crippen LogP contribution in [0.4, 0.5) is 0 Å². The molecule has 0 radical (unpaired) electrons. The van der Waals surface area contributed by atoms with Crippen LogP contribution in [0.2, 0.25) is 0 Å². The van der Waals surface area contributed by atoms with Crippen LogP contribution in [0.15, 0.2) is 24.4 Å². The van der Waals surface area contributed by atoms with E-state index in [2.05, 4.69) is 26.9 Å². The molecule has 3 aliphatic rings. The first-order valence-corrected chi connectivity index (χ1v) is 9.18. The minimum atomic E-state index is 0.165. The molecule has 2 aliphatic heterocycles. The van der Waals surface area contributed by atoms with E-state index in [0.717, 1.165) is 57.1 Å². The van der Waals surface area contributed by atoms with E-state index in [1.807, 2.05) is 12.3 Å². The lowest BCUT2D eigenvalue weighted by Gasteiger charge is -2.38. The molecule has 3 fully saturated rings. The van der Waals surface area contributed by atoms with Gasteiger partial charge in [-0.3, -0.25) is 14.7 Å². The van der Waals surface area contributed by atoms with Crippen LogP contribution in [-0.4, -0.2) is 45.9 Å². The minimum absolute atomic E-state index is 0.165. The zero-order valence-corrected chi connectivity index (χ0v) is 13.9. The van der Waals surface area contributed by atoms with Crippen LogP contribution >= 0.6 is 0 Å². The number of carbonyl (C=O) groups is 1. The van der Waals surface area contributed by atoms with Crippen LogP contribution < -0.4 is 0 Å². The highest BCUT2D eigenvalue weighted by Gasteiger charge is 2.47. The minimum Gasteiger partial charge on any atom is -0.337 e. The Kier molecular flexibility index (Phi) is 4.10. The molecular formula is C19H27N3O. The summed E-state index contributed by atoms with van der Waals surface area (Å²) in [6.45, 7) is 4.18. The standard InChI is InChI=1S/C19H27N3O/c23-18-7-9-19(22(18)14-16-5-6-16)8-3-12-21(13-10-19)15-17-4-1-2-11-20-17/h1-2,4,11,16H,3,5-10,12-15H2/t19-/m1/s1. The van der Waals surface area contributed by atoms with Gasteiger partial charge in [0.25, 0.3) is 0 Å². The summed E-state index contributed by atoms with van der Waals surface area (Å²) < 4.78 is 0. The maximum atomic E-state index is 12.4. The van der Waals surface area contributed by atoms with Crippen molar-refractivity contribution < 1.29 is 4.79 Å². The van der Waals surface area contributed by atoms with Gasteiger partial charge < -0.3 is 4.90 Å². The molecule has 0 unspecified atom stereocenters. The molecule has 1 saturated carbocycles. The second-order valence-corrected chi connectivity index (χ2v) is 7.62. The number of hydrogen-bond acceptors (Lipinski definition) is 3. The number of rotatable bonds is 4. The number of hydrogen-bond donors (Lipinski definition) is 0. The molecule has 4 heteroatoms. The zero-order valence-electron chi connectivity index (χ0n) is 13.9. The van der Waals surface area contributed by atoms with Gasteiger partial charge in [-0.2, -0.15) is 0 Å². The summed E-state index contributed by atoms with van der Waals surface area (Å²) >= 11 is 0. The summed E-state index contributed by atoms with van der Waals surface area (Å²) in [5.41, 5.74) is 1.32. The lowest BCUT2D eigenvalue weighted by Crippen LogP contribution is -2.47. The Balaban J connectivity index is 1.42. The average Bonchev–Trinajstić information content (AvgIpc) is 3.35. The third-order valence-electron chi connectivity index (χ3n) is 5.94. The molecule has 1 aliphatic carbocycles. The molecule has 1 amide bonds. The molecule has 1 aromatic heterocycles. The lowest BCUT2D eigenvalue weighted by atomic mass is 9.87. The van der Waals surface area contributed by atoms with E-state index in [0.29, 0.717) is 5.91 Å². The SMILES string of the molecule is O=C1CC[C@@]2(CCCN(Cc3ccccn3)CC2)N1CC1CC1. The predicted octanol–water partition coefficient (Wildman–Crippen LogP) is 2.84. The molecular weight excluding hydrogens is 286 g/mol. The molecule has 4 rings (SSSR count). The van der Waals surface area contributed by atoms with Crippen molar-refractivity contribution in [2.75, 3.05) is 19.6 Å². The van der Waals surface area contributed by atoms with Crippen LogP contribution in [0.5, 0.6) is 0 Å². The maximum absolute atomic E-state index is 12.4. The Morgan fingerprint density at radius 1 is 1.17 bits per heavy atom. The Labute approximate surface area is 138 Å². The smallest absolute Gasteiger partial charge is 0.223 e. The fourth-order valence-corrected chi connectivity index (χ4v) is 4.36. The van der Waals surface area contributed by atoms with Crippen molar-refractivity contribution in [3.63, 3.8) is 0 Å². The molecule has 0 aromatic carbocycles.